The van der Waals surface area contributed by atoms with E-state index in [9.17, 15) is 4.39 Å². The van der Waals surface area contributed by atoms with E-state index in [0.29, 0.717) is 4.47 Å². The van der Waals surface area contributed by atoms with E-state index in [1.165, 1.54) is 0 Å². The largest absolute Gasteiger partial charge is 0.312 e. The smallest absolute Gasteiger partial charge is 0.142 e. The molecule has 1 aromatic carbocycles. The molecule has 1 aromatic rings. The van der Waals surface area contributed by atoms with Crippen LogP contribution in [0.15, 0.2) is 22.7 Å². The molecule has 0 bridgehead atoms. The van der Waals surface area contributed by atoms with Gasteiger partial charge in [0.15, 0.2) is 0 Å². The zero-order valence-electron chi connectivity index (χ0n) is 10.7. The zero-order valence-corrected chi connectivity index (χ0v) is 13.1. The van der Waals surface area contributed by atoms with Crippen LogP contribution in [-0.2, 0) is 0 Å². The fraction of sp³-hybridized carbons (Fsp3) is 0.538. The van der Waals surface area contributed by atoms with Crippen molar-refractivity contribution in [2.24, 2.45) is 0 Å². The normalized spacial score (nSPS) is 13.8. The van der Waals surface area contributed by atoms with Crippen LogP contribution < -0.4 is 5.32 Å². The van der Waals surface area contributed by atoms with Crippen molar-refractivity contribution in [1.82, 2.24) is 5.32 Å². The summed E-state index contributed by atoms with van der Waals surface area (Å²) in [5.41, 5.74) is 0.721. The van der Waals surface area contributed by atoms with E-state index in [1.807, 2.05) is 30.9 Å². The van der Waals surface area contributed by atoms with Gasteiger partial charge in [0.25, 0.3) is 0 Å². The molecule has 0 heterocycles. The third-order valence-corrected chi connectivity index (χ3v) is 4.37. The molecule has 0 aromatic heterocycles. The fourth-order valence-electron chi connectivity index (χ4n) is 1.45. The second kappa shape index (κ2) is 6.21. The lowest BCUT2D eigenvalue weighted by Crippen LogP contribution is -2.22. The van der Waals surface area contributed by atoms with Gasteiger partial charge in [-0.1, -0.05) is 32.9 Å². The van der Waals surface area contributed by atoms with Gasteiger partial charge in [-0.05, 0) is 29.0 Å². The van der Waals surface area contributed by atoms with Gasteiger partial charge in [0.1, 0.15) is 5.82 Å². The van der Waals surface area contributed by atoms with E-state index in [4.69, 9.17) is 0 Å². The van der Waals surface area contributed by atoms with Gasteiger partial charge in [-0.3, -0.25) is 0 Å². The Labute approximate surface area is 116 Å². The van der Waals surface area contributed by atoms with Crippen molar-refractivity contribution in [2.75, 3.05) is 12.8 Å². The van der Waals surface area contributed by atoms with Gasteiger partial charge in [-0.15, -0.1) is 0 Å². The monoisotopic (exact) mass is 319 g/mol. The highest BCUT2D eigenvalue weighted by molar-refractivity contribution is 9.10. The van der Waals surface area contributed by atoms with Crippen LogP contribution in [0.25, 0.3) is 0 Å². The lowest BCUT2D eigenvalue weighted by Gasteiger charge is -2.23. The molecular formula is C13H19BrFNS. The number of nitrogens with one attached hydrogen (secondary N) is 1. The molecule has 17 heavy (non-hydrogen) atoms. The minimum atomic E-state index is -0.165. The second-order valence-electron chi connectivity index (χ2n) is 4.91. The minimum Gasteiger partial charge on any atom is -0.312 e. The highest BCUT2D eigenvalue weighted by Crippen LogP contribution is 2.30. The maximum Gasteiger partial charge on any atom is 0.142 e. The first-order valence-electron chi connectivity index (χ1n) is 5.60. The minimum absolute atomic E-state index is 0.0386. The molecule has 0 spiro atoms. The van der Waals surface area contributed by atoms with Gasteiger partial charge in [-0.25, -0.2) is 4.39 Å². The van der Waals surface area contributed by atoms with Gasteiger partial charge in [0.05, 0.1) is 4.47 Å². The summed E-state index contributed by atoms with van der Waals surface area (Å²) in [6, 6.07) is 5.47. The van der Waals surface area contributed by atoms with Crippen LogP contribution in [0.3, 0.4) is 0 Å². The molecule has 0 saturated carbocycles. The van der Waals surface area contributed by atoms with E-state index >= 15 is 0 Å². The number of hydrogen-bond donors (Lipinski definition) is 1. The average molecular weight is 320 g/mol. The molecule has 1 N–H and O–H groups in total. The van der Waals surface area contributed by atoms with E-state index in [0.717, 1.165) is 11.3 Å². The van der Waals surface area contributed by atoms with E-state index < -0.39 is 0 Å². The maximum absolute atomic E-state index is 14.0. The highest BCUT2D eigenvalue weighted by Gasteiger charge is 2.19. The highest BCUT2D eigenvalue weighted by atomic mass is 79.9. The van der Waals surface area contributed by atoms with Gasteiger partial charge in [0, 0.05) is 22.1 Å². The van der Waals surface area contributed by atoms with Gasteiger partial charge >= 0.3 is 0 Å². The molecule has 1 atom stereocenters. The Kier molecular flexibility index (Phi) is 5.48. The molecule has 1 nitrogen and oxygen atoms in total. The van der Waals surface area contributed by atoms with Crippen molar-refractivity contribution in [3.63, 3.8) is 0 Å². The number of benzene rings is 1. The van der Waals surface area contributed by atoms with Gasteiger partial charge < -0.3 is 5.32 Å². The van der Waals surface area contributed by atoms with Crippen LogP contribution in [0.4, 0.5) is 4.39 Å². The van der Waals surface area contributed by atoms with Crippen LogP contribution in [0.1, 0.15) is 32.4 Å². The summed E-state index contributed by atoms with van der Waals surface area (Å²) in [6.45, 7) is 6.50. The van der Waals surface area contributed by atoms with Crippen LogP contribution in [0, 0.1) is 5.82 Å². The Morgan fingerprint density at radius 1 is 1.41 bits per heavy atom. The van der Waals surface area contributed by atoms with Gasteiger partial charge in [0.2, 0.25) is 0 Å². The van der Waals surface area contributed by atoms with Gasteiger partial charge in [-0.2, -0.15) is 11.8 Å². The van der Waals surface area contributed by atoms with Crippen LogP contribution >= 0.6 is 27.7 Å². The molecule has 0 fully saturated rings. The molecule has 0 aliphatic carbocycles. The first-order valence-corrected chi connectivity index (χ1v) is 7.38. The van der Waals surface area contributed by atoms with Crippen molar-refractivity contribution in [3.05, 3.63) is 34.1 Å². The molecule has 0 saturated heterocycles. The first-order chi connectivity index (χ1) is 7.85. The third kappa shape index (κ3) is 4.60. The average Bonchev–Trinajstić information content (AvgIpc) is 2.23. The predicted octanol–water partition coefficient (Wildman–Crippen LogP) is 4.38. The summed E-state index contributed by atoms with van der Waals surface area (Å²) in [6.07, 6.45) is 0. The SMILES string of the molecule is CNC(CSC(C)(C)C)c1cccc(Br)c1F. The molecule has 0 aliphatic rings. The molecule has 4 heteroatoms. The summed E-state index contributed by atoms with van der Waals surface area (Å²) >= 11 is 5.06. The van der Waals surface area contributed by atoms with Crippen molar-refractivity contribution >= 4 is 27.7 Å². The number of hydrogen-bond acceptors (Lipinski definition) is 2. The van der Waals surface area contributed by atoms with Crippen molar-refractivity contribution in [2.45, 2.75) is 31.6 Å². The van der Waals surface area contributed by atoms with Crippen LogP contribution in [0.2, 0.25) is 0 Å². The standard InChI is InChI=1S/C13H19BrFNS/c1-13(2,3)17-8-11(16-4)9-6-5-7-10(14)12(9)15/h5-7,11,16H,8H2,1-4H3. The van der Waals surface area contributed by atoms with Crippen molar-refractivity contribution in [3.8, 4) is 0 Å². The Bertz CT molecular complexity index is 376. The third-order valence-electron chi connectivity index (χ3n) is 2.39. The second-order valence-corrected chi connectivity index (χ2v) is 7.61. The first kappa shape index (κ1) is 15.0. The Morgan fingerprint density at radius 2 is 2.06 bits per heavy atom. The number of rotatable bonds is 4. The molecular weight excluding hydrogens is 301 g/mol. The summed E-state index contributed by atoms with van der Waals surface area (Å²) in [4.78, 5) is 0. The predicted molar refractivity (Wildman–Crippen MR) is 78.1 cm³/mol. The van der Waals surface area contributed by atoms with Crippen molar-refractivity contribution in [1.29, 1.82) is 0 Å². The Morgan fingerprint density at radius 3 is 2.59 bits per heavy atom. The lowest BCUT2D eigenvalue weighted by atomic mass is 10.1. The maximum atomic E-state index is 14.0. The lowest BCUT2D eigenvalue weighted by molar-refractivity contribution is 0.560. The molecule has 1 rings (SSSR count). The molecule has 1 unspecified atom stereocenters. The quantitative estimate of drug-likeness (QED) is 0.883. The zero-order chi connectivity index (χ0) is 13.1. The van der Waals surface area contributed by atoms with Crippen LogP contribution in [0.5, 0.6) is 0 Å². The van der Waals surface area contributed by atoms with E-state index in [-0.39, 0.29) is 16.6 Å². The topological polar surface area (TPSA) is 12.0 Å². The number of thioether (sulfide) groups is 1. The van der Waals surface area contributed by atoms with Crippen molar-refractivity contribution < 1.29 is 4.39 Å². The summed E-state index contributed by atoms with van der Waals surface area (Å²) < 4.78 is 14.7. The molecule has 0 radical (unpaired) electrons. The van der Waals surface area contributed by atoms with Crippen LogP contribution in [-0.4, -0.2) is 17.5 Å². The molecule has 0 aliphatic heterocycles. The summed E-state index contributed by atoms with van der Waals surface area (Å²) in [5.74, 6) is 0.689. The van der Waals surface area contributed by atoms with E-state index in [1.54, 1.807) is 6.07 Å². The number of halogens is 2. The fourth-order valence-corrected chi connectivity index (χ4v) is 2.85. The summed E-state index contributed by atoms with van der Waals surface area (Å²) in [7, 11) is 1.87. The Balaban J connectivity index is 2.83. The summed E-state index contributed by atoms with van der Waals surface area (Å²) in [5, 5.41) is 3.18. The molecule has 96 valence electrons. The van der Waals surface area contributed by atoms with E-state index in [2.05, 4.69) is 42.0 Å². The molecule has 0 amide bonds. The Hall–Kier alpha value is -0.0600.